The third-order valence-corrected chi connectivity index (χ3v) is 3.99. The van der Waals surface area contributed by atoms with E-state index in [1.807, 2.05) is 0 Å². The van der Waals surface area contributed by atoms with Gasteiger partial charge in [-0.15, -0.1) is 0 Å². The molecule has 1 unspecified atom stereocenters. The molecule has 1 heterocycles. The van der Waals surface area contributed by atoms with E-state index in [4.69, 9.17) is 9.47 Å². The minimum atomic E-state index is -0.195. The van der Waals surface area contributed by atoms with Gasteiger partial charge in [-0.2, -0.15) is 0 Å². The number of hydrogen-bond acceptors (Lipinski definition) is 3. The van der Waals surface area contributed by atoms with Gasteiger partial charge < -0.3 is 14.6 Å². The topological polar surface area (TPSA) is 38.7 Å². The van der Waals surface area contributed by atoms with Crippen LogP contribution < -0.4 is 0 Å². The minimum absolute atomic E-state index is 0.0810. The van der Waals surface area contributed by atoms with Crippen LogP contribution >= 0.6 is 0 Å². The number of aliphatic hydroxyl groups excluding tert-OH is 1. The van der Waals surface area contributed by atoms with Gasteiger partial charge >= 0.3 is 0 Å². The van der Waals surface area contributed by atoms with Crippen LogP contribution in [0.4, 0.5) is 0 Å². The molecule has 0 aromatic rings. The smallest absolute Gasteiger partial charge is 0.0895 e. The molecule has 0 radical (unpaired) electrons. The molecule has 3 heteroatoms. The van der Waals surface area contributed by atoms with Gasteiger partial charge in [-0.25, -0.2) is 0 Å². The lowest BCUT2D eigenvalue weighted by atomic mass is 9.93. The number of ether oxygens (including phenoxy) is 2. The maximum Gasteiger partial charge on any atom is 0.0895 e. The lowest BCUT2D eigenvalue weighted by Gasteiger charge is -2.33. The second kappa shape index (κ2) is 4.52. The zero-order valence-corrected chi connectivity index (χ0v) is 11.5. The largest absolute Gasteiger partial charge is 0.393 e. The van der Waals surface area contributed by atoms with Crippen LogP contribution in [0.5, 0.6) is 0 Å². The summed E-state index contributed by atoms with van der Waals surface area (Å²) < 4.78 is 12.3. The molecule has 2 rings (SSSR count). The van der Waals surface area contributed by atoms with Crippen LogP contribution in [0, 0.1) is 0 Å². The molecule has 100 valence electrons. The second-order valence-corrected chi connectivity index (χ2v) is 6.72. The molecular formula is C14H26O3. The first-order valence-electron chi connectivity index (χ1n) is 6.82. The van der Waals surface area contributed by atoms with Gasteiger partial charge in [0.2, 0.25) is 0 Å². The molecule has 0 bridgehead atoms. The Hall–Kier alpha value is -0.120. The third-order valence-electron chi connectivity index (χ3n) is 3.99. The Bertz CT molecular complexity index is 265. The number of rotatable bonds is 2. The maximum atomic E-state index is 9.49. The molecule has 1 N–H and O–H groups in total. The molecule has 0 amide bonds. The van der Waals surface area contributed by atoms with Gasteiger partial charge in [0.1, 0.15) is 0 Å². The molecule has 1 saturated carbocycles. The number of aliphatic hydroxyl groups is 1. The predicted octanol–water partition coefficient (Wildman–Crippen LogP) is 2.65. The fourth-order valence-electron chi connectivity index (χ4n) is 3.14. The summed E-state index contributed by atoms with van der Waals surface area (Å²) in [6.07, 6.45) is 5.04. The van der Waals surface area contributed by atoms with E-state index in [1.165, 1.54) is 0 Å². The van der Waals surface area contributed by atoms with E-state index in [0.29, 0.717) is 6.10 Å². The van der Waals surface area contributed by atoms with E-state index in [0.717, 1.165) is 32.1 Å². The van der Waals surface area contributed by atoms with Crippen molar-refractivity contribution < 1.29 is 14.6 Å². The first-order chi connectivity index (χ1) is 7.78. The molecule has 1 aliphatic carbocycles. The first-order valence-corrected chi connectivity index (χ1v) is 6.82. The zero-order chi connectivity index (χ0) is 12.7. The van der Waals surface area contributed by atoms with Gasteiger partial charge in [0.05, 0.1) is 29.5 Å². The first kappa shape index (κ1) is 13.3. The van der Waals surface area contributed by atoms with Crippen molar-refractivity contribution in [2.45, 2.75) is 89.3 Å². The van der Waals surface area contributed by atoms with Crippen molar-refractivity contribution >= 4 is 0 Å². The van der Waals surface area contributed by atoms with Crippen LogP contribution in [-0.2, 0) is 9.47 Å². The molecule has 17 heavy (non-hydrogen) atoms. The van der Waals surface area contributed by atoms with Crippen LogP contribution in [0.25, 0.3) is 0 Å². The monoisotopic (exact) mass is 242 g/mol. The standard InChI is InChI=1S/C14H26O3/c1-13(2)9-12(14(3,4)17-13)16-11-7-5-10(15)6-8-11/h10-12,15H,5-9H2,1-4H3. The highest BCUT2D eigenvalue weighted by Gasteiger charge is 2.47. The van der Waals surface area contributed by atoms with Gasteiger partial charge in [-0.05, 0) is 53.4 Å². The Morgan fingerprint density at radius 1 is 1.06 bits per heavy atom. The highest BCUT2D eigenvalue weighted by molar-refractivity contribution is 4.96. The molecule has 2 fully saturated rings. The summed E-state index contributed by atoms with van der Waals surface area (Å²) >= 11 is 0. The Morgan fingerprint density at radius 2 is 1.65 bits per heavy atom. The second-order valence-electron chi connectivity index (χ2n) is 6.72. The summed E-state index contributed by atoms with van der Waals surface area (Å²) in [7, 11) is 0. The summed E-state index contributed by atoms with van der Waals surface area (Å²) in [5.41, 5.74) is -0.276. The van der Waals surface area contributed by atoms with Crippen LogP contribution in [0.1, 0.15) is 59.8 Å². The SMILES string of the molecule is CC1(C)CC(OC2CCC(O)CC2)C(C)(C)O1. The zero-order valence-electron chi connectivity index (χ0n) is 11.5. The lowest BCUT2D eigenvalue weighted by Crippen LogP contribution is -2.38. The Balaban J connectivity index is 1.90. The summed E-state index contributed by atoms with van der Waals surface area (Å²) in [5, 5.41) is 9.49. The molecule has 0 aromatic heterocycles. The fourth-order valence-corrected chi connectivity index (χ4v) is 3.14. The molecule has 1 atom stereocenters. The van der Waals surface area contributed by atoms with Crippen LogP contribution in [0.2, 0.25) is 0 Å². The van der Waals surface area contributed by atoms with Crippen molar-refractivity contribution in [3.05, 3.63) is 0 Å². The van der Waals surface area contributed by atoms with Gasteiger partial charge in [0, 0.05) is 6.42 Å². The molecule has 1 aliphatic heterocycles. The van der Waals surface area contributed by atoms with Crippen molar-refractivity contribution in [3.8, 4) is 0 Å². The van der Waals surface area contributed by atoms with E-state index < -0.39 is 0 Å². The molecule has 1 saturated heterocycles. The number of hydrogen-bond donors (Lipinski definition) is 1. The quantitative estimate of drug-likeness (QED) is 0.809. The average Bonchev–Trinajstić information content (AvgIpc) is 2.38. The van der Waals surface area contributed by atoms with Gasteiger partial charge in [-0.1, -0.05) is 0 Å². The average molecular weight is 242 g/mol. The summed E-state index contributed by atoms with van der Waals surface area (Å²) in [4.78, 5) is 0. The van der Waals surface area contributed by atoms with E-state index in [2.05, 4.69) is 27.7 Å². The van der Waals surface area contributed by atoms with Crippen molar-refractivity contribution in [1.82, 2.24) is 0 Å². The highest BCUT2D eigenvalue weighted by Crippen LogP contribution is 2.40. The van der Waals surface area contributed by atoms with Crippen LogP contribution in [0.15, 0.2) is 0 Å². The van der Waals surface area contributed by atoms with Crippen LogP contribution in [0.3, 0.4) is 0 Å². The van der Waals surface area contributed by atoms with Crippen molar-refractivity contribution in [2.75, 3.05) is 0 Å². The molecular weight excluding hydrogens is 216 g/mol. The fraction of sp³-hybridized carbons (Fsp3) is 1.00. The Morgan fingerprint density at radius 3 is 2.12 bits per heavy atom. The highest BCUT2D eigenvalue weighted by atomic mass is 16.6. The molecule has 3 nitrogen and oxygen atoms in total. The van der Waals surface area contributed by atoms with Crippen molar-refractivity contribution in [1.29, 1.82) is 0 Å². The predicted molar refractivity (Wildman–Crippen MR) is 67.0 cm³/mol. The normalized spacial score (nSPS) is 40.4. The van der Waals surface area contributed by atoms with Crippen molar-refractivity contribution in [2.24, 2.45) is 0 Å². The van der Waals surface area contributed by atoms with E-state index >= 15 is 0 Å². The van der Waals surface area contributed by atoms with E-state index in [1.54, 1.807) is 0 Å². The summed E-state index contributed by atoms with van der Waals surface area (Å²) in [6.45, 7) is 8.49. The maximum absolute atomic E-state index is 9.49. The van der Waals surface area contributed by atoms with Gasteiger partial charge in [-0.3, -0.25) is 0 Å². The Labute approximate surface area is 104 Å². The lowest BCUT2D eigenvalue weighted by molar-refractivity contribution is -0.126. The minimum Gasteiger partial charge on any atom is -0.393 e. The third kappa shape index (κ3) is 3.21. The molecule has 0 aromatic carbocycles. The van der Waals surface area contributed by atoms with Gasteiger partial charge in [0.15, 0.2) is 0 Å². The molecule has 2 aliphatic rings. The van der Waals surface area contributed by atoms with E-state index in [9.17, 15) is 5.11 Å². The van der Waals surface area contributed by atoms with Crippen LogP contribution in [-0.4, -0.2) is 34.6 Å². The van der Waals surface area contributed by atoms with Gasteiger partial charge in [0.25, 0.3) is 0 Å². The molecule has 0 spiro atoms. The summed E-state index contributed by atoms with van der Waals surface area (Å²) in [6, 6.07) is 0. The Kier molecular flexibility index (Phi) is 3.54. The van der Waals surface area contributed by atoms with Crippen molar-refractivity contribution in [3.63, 3.8) is 0 Å². The van der Waals surface area contributed by atoms with E-state index in [-0.39, 0.29) is 23.4 Å². The summed E-state index contributed by atoms with van der Waals surface area (Å²) in [5.74, 6) is 0.